The van der Waals surface area contributed by atoms with Crippen LogP contribution in [0.3, 0.4) is 0 Å². The van der Waals surface area contributed by atoms with Gasteiger partial charge in [0.1, 0.15) is 11.9 Å². The molecule has 0 aromatic heterocycles. The lowest BCUT2D eigenvalue weighted by atomic mass is 9.77. The van der Waals surface area contributed by atoms with Crippen LogP contribution in [0.2, 0.25) is 0 Å². The lowest BCUT2D eigenvalue weighted by Crippen LogP contribution is -2.14. The molecule has 1 fully saturated rings. The highest BCUT2D eigenvalue weighted by atomic mass is 19.1. The first-order valence-corrected chi connectivity index (χ1v) is 11.2. The third-order valence-corrected chi connectivity index (χ3v) is 6.29. The first-order valence-electron chi connectivity index (χ1n) is 11.2. The Morgan fingerprint density at radius 3 is 2.29 bits per heavy atom. The van der Waals surface area contributed by atoms with Crippen molar-refractivity contribution in [1.82, 2.24) is 0 Å². The van der Waals surface area contributed by atoms with Gasteiger partial charge in [0.2, 0.25) is 0 Å². The lowest BCUT2D eigenvalue weighted by Gasteiger charge is -2.29. The normalized spacial score (nSPS) is 20.8. The maximum absolute atomic E-state index is 14.3. The molecule has 1 nitrogen and oxygen atoms in total. The maximum atomic E-state index is 14.3. The molecule has 0 aliphatic heterocycles. The van der Waals surface area contributed by atoms with Crippen LogP contribution in [-0.4, -0.2) is 6.61 Å². The van der Waals surface area contributed by atoms with Crippen molar-refractivity contribution < 1.29 is 9.13 Å². The minimum Gasteiger partial charge on any atom is -0.369 e. The van der Waals surface area contributed by atoms with Crippen LogP contribution in [0.25, 0.3) is 0 Å². The van der Waals surface area contributed by atoms with E-state index < -0.39 is 0 Å². The van der Waals surface area contributed by atoms with Crippen LogP contribution in [0.4, 0.5) is 4.39 Å². The van der Waals surface area contributed by atoms with Crippen molar-refractivity contribution in [3.05, 3.63) is 71.0 Å². The molecule has 152 valence electrons. The fourth-order valence-corrected chi connectivity index (χ4v) is 4.63. The second kappa shape index (κ2) is 10.8. The first-order chi connectivity index (χ1) is 13.7. The summed E-state index contributed by atoms with van der Waals surface area (Å²) in [6, 6.07) is 15.7. The summed E-state index contributed by atoms with van der Waals surface area (Å²) in [5, 5.41) is 0. The van der Waals surface area contributed by atoms with E-state index in [9.17, 15) is 4.39 Å². The van der Waals surface area contributed by atoms with E-state index in [0.29, 0.717) is 18.1 Å². The zero-order valence-corrected chi connectivity index (χ0v) is 17.5. The Kier molecular flexibility index (Phi) is 8.09. The van der Waals surface area contributed by atoms with E-state index >= 15 is 0 Å². The van der Waals surface area contributed by atoms with E-state index in [-0.39, 0.29) is 11.9 Å². The fourth-order valence-electron chi connectivity index (χ4n) is 4.63. The van der Waals surface area contributed by atoms with Gasteiger partial charge in [-0.25, -0.2) is 4.39 Å². The quantitative estimate of drug-likeness (QED) is 0.402. The molecule has 0 saturated heterocycles. The fraction of sp³-hybridized carbons (Fsp3) is 0.538. The average Bonchev–Trinajstić information content (AvgIpc) is 2.74. The number of ether oxygens (including phenoxy) is 1. The van der Waals surface area contributed by atoms with Crippen LogP contribution in [0, 0.1) is 11.7 Å². The SMILES string of the molecule is CCCCC[C@H]1CC[C@H](c2ccc(C(OCC)c3ccccc3F)cc2)CC1. The molecule has 28 heavy (non-hydrogen) atoms. The number of hydrogen-bond acceptors (Lipinski definition) is 1. The van der Waals surface area contributed by atoms with Gasteiger partial charge in [0.25, 0.3) is 0 Å². The Bertz CT molecular complexity index is 701. The Hall–Kier alpha value is -1.67. The number of hydrogen-bond donors (Lipinski definition) is 0. The molecular formula is C26H35FO. The molecule has 1 saturated carbocycles. The highest BCUT2D eigenvalue weighted by Gasteiger charge is 2.23. The van der Waals surface area contributed by atoms with Gasteiger partial charge in [-0.05, 0) is 61.6 Å². The van der Waals surface area contributed by atoms with Crippen molar-refractivity contribution >= 4 is 0 Å². The second-order valence-electron chi connectivity index (χ2n) is 8.24. The van der Waals surface area contributed by atoms with Gasteiger partial charge in [-0.3, -0.25) is 0 Å². The average molecular weight is 383 g/mol. The molecule has 0 bridgehead atoms. The Balaban J connectivity index is 1.63. The number of benzene rings is 2. The van der Waals surface area contributed by atoms with Crippen molar-refractivity contribution in [3.63, 3.8) is 0 Å². The van der Waals surface area contributed by atoms with Gasteiger partial charge in [0, 0.05) is 12.2 Å². The Labute approximate surface area is 170 Å². The molecule has 2 aromatic carbocycles. The van der Waals surface area contributed by atoms with Gasteiger partial charge in [-0.1, -0.05) is 75.1 Å². The second-order valence-corrected chi connectivity index (χ2v) is 8.24. The van der Waals surface area contributed by atoms with Gasteiger partial charge in [0.15, 0.2) is 0 Å². The zero-order chi connectivity index (χ0) is 19.8. The maximum Gasteiger partial charge on any atom is 0.129 e. The number of halogens is 1. The van der Waals surface area contributed by atoms with Crippen molar-refractivity contribution in [1.29, 1.82) is 0 Å². The van der Waals surface area contributed by atoms with Crippen LogP contribution >= 0.6 is 0 Å². The van der Waals surface area contributed by atoms with Crippen molar-refractivity contribution in [2.75, 3.05) is 6.61 Å². The number of unbranched alkanes of at least 4 members (excludes halogenated alkanes) is 2. The predicted octanol–water partition coefficient (Wildman–Crippen LogP) is 7.81. The lowest BCUT2D eigenvalue weighted by molar-refractivity contribution is 0.0887. The van der Waals surface area contributed by atoms with Gasteiger partial charge < -0.3 is 4.74 Å². The van der Waals surface area contributed by atoms with Crippen LogP contribution in [0.5, 0.6) is 0 Å². The van der Waals surface area contributed by atoms with Gasteiger partial charge in [-0.15, -0.1) is 0 Å². The molecule has 1 aliphatic carbocycles. The van der Waals surface area contributed by atoms with E-state index in [4.69, 9.17) is 4.74 Å². The molecule has 0 spiro atoms. The molecule has 2 heteroatoms. The summed E-state index contributed by atoms with van der Waals surface area (Å²) in [5.41, 5.74) is 3.08. The molecule has 3 rings (SSSR count). The highest BCUT2D eigenvalue weighted by Crippen LogP contribution is 2.38. The van der Waals surface area contributed by atoms with Crippen molar-refractivity contribution in [3.8, 4) is 0 Å². The van der Waals surface area contributed by atoms with Gasteiger partial charge in [0.05, 0.1) is 0 Å². The summed E-state index contributed by atoms with van der Waals surface area (Å²) in [7, 11) is 0. The van der Waals surface area contributed by atoms with Crippen molar-refractivity contribution in [2.45, 2.75) is 77.2 Å². The summed E-state index contributed by atoms with van der Waals surface area (Å²) >= 11 is 0. The largest absolute Gasteiger partial charge is 0.369 e. The van der Waals surface area contributed by atoms with Crippen LogP contribution < -0.4 is 0 Å². The number of rotatable bonds is 9. The molecule has 1 atom stereocenters. The third kappa shape index (κ3) is 5.44. The molecule has 2 aromatic rings. The van der Waals surface area contributed by atoms with Crippen LogP contribution in [0.1, 0.15) is 93.9 Å². The summed E-state index contributed by atoms with van der Waals surface area (Å²) in [5.74, 6) is 1.41. The Morgan fingerprint density at radius 1 is 0.929 bits per heavy atom. The van der Waals surface area contributed by atoms with Crippen LogP contribution in [-0.2, 0) is 4.74 Å². The predicted molar refractivity (Wildman–Crippen MR) is 115 cm³/mol. The molecule has 1 unspecified atom stereocenters. The minimum absolute atomic E-state index is 0.202. The van der Waals surface area contributed by atoms with Gasteiger partial charge >= 0.3 is 0 Å². The summed E-state index contributed by atoms with van der Waals surface area (Å²) in [6.45, 7) is 4.80. The topological polar surface area (TPSA) is 9.23 Å². The molecule has 0 N–H and O–H groups in total. The molecule has 1 aliphatic rings. The zero-order valence-electron chi connectivity index (χ0n) is 17.5. The van der Waals surface area contributed by atoms with Gasteiger partial charge in [-0.2, -0.15) is 0 Å². The monoisotopic (exact) mass is 382 g/mol. The molecule has 0 radical (unpaired) electrons. The first kappa shape index (κ1) is 21.0. The minimum atomic E-state index is -0.338. The van der Waals surface area contributed by atoms with Crippen molar-refractivity contribution in [2.24, 2.45) is 5.92 Å². The highest BCUT2D eigenvalue weighted by molar-refractivity contribution is 5.34. The molecule has 0 heterocycles. The van der Waals surface area contributed by atoms with E-state index in [2.05, 4.69) is 31.2 Å². The van der Waals surface area contributed by atoms with E-state index in [1.54, 1.807) is 6.07 Å². The smallest absolute Gasteiger partial charge is 0.129 e. The van der Waals surface area contributed by atoms with E-state index in [1.165, 1.54) is 63.0 Å². The van der Waals surface area contributed by atoms with E-state index in [1.807, 2.05) is 19.1 Å². The summed E-state index contributed by atoms with van der Waals surface area (Å²) < 4.78 is 20.2. The Morgan fingerprint density at radius 2 is 1.64 bits per heavy atom. The van der Waals surface area contributed by atoms with Crippen LogP contribution in [0.15, 0.2) is 48.5 Å². The van der Waals surface area contributed by atoms with E-state index in [0.717, 1.165) is 11.5 Å². The molecule has 0 amide bonds. The standard InChI is InChI=1S/C26H35FO/c1-3-5-6-9-20-12-14-21(15-13-20)22-16-18-23(19-17-22)26(28-4-2)24-10-7-8-11-25(24)27/h7-8,10-11,16-21,26H,3-6,9,12-15H2,1-2H3/t20-,21-,26?. The summed E-state index contributed by atoms with van der Waals surface area (Å²) in [4.78, 5) is 0. The third-order valence-electron chi connectivity index (χ3n) is 6.29. The summed E-state index contributed by atoms with van der Waals surface area (Å²) in [6.07, 6.45) is 10.5. The molecular weight excluding hydrogens is 347 g/mol.